The van der Waals surface area contributed by atoms with E-state index in [0.717, 1.165) is 18.4 Å². The quantitative estimate of drug-likeness (QED) is 0.751. The molecule has 0 atom stereocenters. The molecule has 0 saturated heterocycles. The Labute approximate surface area is 84.5 Å². The number of hydrogen-bond donors (Lipinski definition) is 2. The van der Waals surface area contributed by atoms with Crippen molar-refractivity contribution in [3.63, 3.8) is 0 Å². The van der Waals surface area contributed by atoms with E-state index in [-0.39, 0.29) is 5.75 Å². The highest BCUT2D eigenvalue weighted by Crippen LogP contribution is 2.26. The number of benzene rings is 1. The molecular formula is C11H17NO2. The van der Waals surface area contributed by atoms with Crippen LogP contribution in [0, 0.1) is 0 Å². The molecule has 1 rings (SSSR count). The van der Waals surface area contributed by atoms with Crippen LogP contribution >= 0.6 is 0 Å². The van der Waals surface area contributed by atoms with Gasteiger partial charge in [0.25, 0.3) is 0 Å². The molecule has 3 nitrogen and oxygen atoms in total. The first-order valence-corrected chi connectivity index (χ1v) is 4.92. The Morgan fingerprint density at radius 1 is 1.43 bits per heavy atom. The van der Waals surface area contributed by atoms with Crippen LogP contribution in [0.1, 0.15) is 18.9 Å². The summed E-state index contributed by atoms with van der Waals surface area (Å²) in [6.45, 7) is 2.99. The molecule has 0 aliphatic carbocycles. The number of hydrogen-bond acceptors (Lipinski definition) is 3. The van der Waals surface area contributed by atoms with E-state index in [4.69, 9.17) is 10.5 Å². The average molecular weight is 195 g/mol. The predicted octanol–water partition coefficient (Wildman–Crippen LogP) is 1.68. The van der Waals surface area contributed by atoms with Crippen molar-refractivity contribution in [1.29, 1.82) is 0 Å². The molecule has 0 unspecified atom stereocenters. The first-order valence-electron chi connectivity index (χ1n) is 4.92. The van der Waals surface area contributed by atoms with E-state index in [1.54, 1.807) is 12.1 Å². The van der Waals surface area contributed by atoms with Gasteiger partial charge in [-0.25, -0.2) is 0 Å². The molecule has 78 valence electrons. The molecule has 3 N–H and O–H groups in total. The number of aryl methyl sites for hydroxylation is 1. The fourth-order valence-electron chi connectivity index (χ4n) is 1.30. The van der Waals surface area contributed by atoms with Gasteiger partial charge < -0.3 is 15.6 Å². The van der Waals surface area contributed by atoms with Gasteiger partial charge in [-0.3, -0.25) is 0 Å². The van der Waals surface area contributed by atoms with Crippen LogP contribution in [-0.2, 0) is 6.42 Å². The first-order chi connectivity index (χ1) is 6.77. The van der Waals surface area contributed by atoms with E-state index in [9.17, 15) is 5.11 Å². The topological polar surface area (TPSA) is 55.5 Å². The van der Waals surface area contributed by atoms with Crippen LogP contribution in [0.4, 0.5) is 0 Å². The zero-order valence-electron chi connectivity index (χ0n) is 8.49. The molecule has 0 amide bonds. The SMILES string of the molecule is CCCc1ccc(OCCN)c(O)c1. The van der Waals surface area contributed by atoms with Gasteiger partial charge in [-0.1, -0.05) is 19.4 Å². The van der Waals surface area contributed by atoms with E-state index in [2.05, 4.69) is 6.92 Å². The van der Waals surface area contributed by atoms with E-state index < -0.39 is 0 Å². The third-order valence-electron chi connectivity index (χ3n) is 1.94. The smallest absolute Gasteiger partial charge is 0.160 e. The predicted molar refractivity (Wildman–Crippen MR) is 56.7 cm³/mol. The van der Waals surface area contributed by atoms with Crippen molar-refractivity contribution in [2.24, 2.45) is 5.73 Å². The minimum absolute atomic E-state index is 0.199. The van der Waals surface area contributed by atoms with Crippen LogP contribution in [0.25, 0.3) is 0 Å². The van der Waals surface area contributed by atoms with Gasteiger partial charge in [-0.2, -0.15) is 0 Å². The highest BCUT2D eigenvalue weighted by atomic mass is 16.5. The van der Waals surface area contributed by atoms with Crippen LogP contribution in [0.5, 0.6) is 11.5 Å². The Bertz CT molecular complexity index is 287. The third-order valence-corrected chi connectivity index (χ3v) is 1.94. The second-order valence-corrected chi connectivity index (χ2v) is 3.19. The maximum Gasteiger partial charge on any atom is 0.160 e. The molecule has 14 heavy (non-hydrogen) atoms. The highest BCUT2D eigenvalue weighted by Gasteiger charge is 2.02. The van der Waals surface area contributed by atoms with Gasteiger partial charge >= 0.3 is 0 Å². The Hall–Kier alpha value is -1.22. The lowest BCUT2D eigenvalue weighted by atomic mass is 10.1. The number of aromatic hydroxyl groups is 1. The van der Waals surface area contributed by atoms with Crippen LogP contribution < -0.4 is 10.5 Å². The Kier molecular flexibility index (Phi) is 4.26. The van der Waals surface area contributed by atoms with Crippen LogP contribution in [0.15, 0.2) is 18.2 Å². The highest BCUT2D eigenvalue weighted by molar-refractivity contribution is 5.41. The summed E-state index contributed by atoms with van der Waals surface area (Å²) in [6.07, 6.45) is 2.05. The third kappa shape index (κ3) is 2.92. The van der Waals surface area contributed by atoms with Crippen molar-refractivity contribution in [3.05, 3.63) is 23.8 Å². The second-order valence-electron chi connectivity index (χ2n) is 3.19. The summed E-state index contributed by atoms with van der Waals surface area (Å²) < 4.78 is 5.24. The Balaban J connectivity index is 2.68. The number of phenols is 1. The molecule has 0 radical (unpaired) electrons. The van der Waals surface area contributed by atoms with Crippen molar-refractivity contribution in [2.75, 3.05) is 13.2 Å². The van der Waals surface area contributed by atoms with E-state index >= 15 is 0 Å². The molecule has 0 saturated carbocycles. The summed E-state index contributed by atoms with van der Waals surface area (Å²) >= 11 is 0. The van der Waals surface area contributed by atoms with Gasteiger partial charge in [0.2, 0.25) is 0 Å². The molecule has 0 bridgehead atoms. The van der Waals surface area contributed by atoms with Gasteiger partial charge in [-0.05, 0) is 24.1 Å². The van der Waals surface area contributed by atoms with Gasteiger partial charge in [-0.15, -0.1) is 0 Å². The fourth-order valence-corrected chi connectivity index (χ4v) is 1.30. The standard InChI is InChI=1S/C11H17NO2/c1-2-3-9-4-5-11(10(13)8-9)14-7-6-12/h4-5,8,13H,2-3,6-7,12H2,1H3. The zero-order chi connectivity index (χ0) is 10.4. The van der Waals surface area contributed by atoms with Crippen LogP contribution in [-0.4, -0.2) is 18.3 Å². The van der Waals surface area contributed by atoms with Crippen LogP contribution in [0.3, 0.4) is 0 Å². The second kappa shape index (κ2) is 5.50. The summed E-state index contributed by atoms with van der Waals surface area (Å²) in [5.41, 5.74) is 6.43. The summed E-state index contributed by atoms with van der Waals surface area (Å²) in [4.78, 5) is 0. The lowest BCUT2D eigenvalue weighted by Crippen LogP contribution is -2.10. The van der Waals surface area contributed by atoms with E-state index in [0.29, 0.717) is 18.9 Å². The molecule has 0 fully saturated rings. The maximum absolute atomic E-state index is 9.58. The van der Waals surface area contributed by atoms with Crippen molar-refractivity contribution in [1.82, 2.24) is 0 Å². The molecule has 0 spiro atoms. The minimum atomic E-state index is 0.199. The molecule has 0 aliphatic heterocycles. The lowest BCUT2D eigenvalue weighted by molar-refractivity contribution is 0.308. The maximum atomic E-state index is 9.58. The largest absolute Gasteiger partial charge is 0.504 e. The van der Waals surface area contributed by atoms with E-state index in [1.807, 2.05) is 6.07 Å². The minimum Gasteiger partial charge on any atom is -0.504 e. The summed E-state index contributed by atoms with van der Waals surface area (Å²) in [5, 5.41) is 9.58. The fraction of sp³-hybridized carbons (Fsp3) is 0.455. The number of rotatable bonds is 5. The molecule has 0 aliphatic rings. The molecule has 0 heterocycles. The molecule has 1 aromatic carbocycles. The van der Waals surface area contributed by atoms with Crippen molar-refractivity contribution in [2.45, 2.75) is 19.8 Å². The first kappa shape index (κ1) is 10.9. The van der Waals surface area contributed by atoms with Crippen molar-refractivity contribution in [3.8, 4) is 11.5 Å². The number of phenolic OH excluding ortho intramolecular Hbond substituents is 1. The normalized spacial score (nSPS) is 10.1. The van der Waals surface area contributed by atoms with E-state index in [1.165, 1.54) is 0 Å². The molecule has 3 heteroatoms. The monoisotopic (exact) mass is 195 g/mol. The average Bonchev–Trinajstić information content (AvgIpc) is 2.17. The van der Waals surface area contributed by atoms with Crippen LogP contribution in [0.2, 0.25) is 0 Å². The molecular weight excluding hydrogens is 178 g/mol. The molecule has 1 aromatic rings. The Morgan fingerprint density at radius 2 is 2.21 bits per heavy atom. The number of ether oxygens (including phenoxy) is 1. The van der Waals surface area contributed by atoms with Gasteiger partial charge in [0.05, 0.1) is 0 Å². The molecule has 0 aromatic heterocycles. The number of nitrogens with two attached hydrogens (primary N) is 1. The zero-order valence-corrected chi connectivity index (χ0v) is 8.49. The van der Waals surface area contributed by atoms with Crippen molar-refractivity contribution < 1.29 is 9.84 Å². The van der Waals surface area contributed by atoms with Gasteiger partial charge in [0, 0.05) is 6.54 Å². The summed E-state index contributed by atoms with van der Waals surface area (Å²) in [5.74, 6) is 0.708. The van der Waals surface area contributed by atoms with Crippen molar-refractivity contribution >= 4 is 0 Å². The summed E-state index contributed by atoms with van der Waals surface area (Å²) in [7, 11) is 0. The van der Waals surface area contributed by atoms with Gasteiger partial charge in [0.1, 0.15) is 6.61 Å². The summed E-state index contributed by atoms with van der Waals surface area (Å²) in [6, 6.07) is 5.50. The lowest BCUT2D eigenvalue weighted by Gasteiger charge is -2.07. The Morgan fingerprint density at radius 3 is 2.79 bits per heavy atom. The van der Waals surface area contributed by atoms with Gasteiger partial charge in [0.15, 0.2) is 11.5 Å².